The summed E-state index contributed by atoms with van der Waals surface area (Å²) in [6.07, 6.45) is 1.80. The zero-order chi connectivity index (χ0) is 22.1. The average Bonchev–Trinajstić information content (AvgIpc) is 3.32. The lowest BCUT2D eigenvalue weighted by atomic mass is 10.0. The number of benzene rings is 3. The van der Waals surface area contributed by atoms with Crippen molar-refractivity contribution in [1.29, 1.82) is 0 Å². The summed E-state index contributed by atoms with van der Waals surface area (Å²) in [4.78, 5) is 14.1. The first-order valence-corrected chi connectivity index (χ1v) is 11.4. The highest BCUT2D eigenvalue weighted by atomic mass is 32.2. The minimum absolute atomic E-state index is 0.0145. The molecule has 5 nitrogen and oxygen atoms in total. The molecule has 0 radical (unpaired) electrons. The third kappa shape index (κ3) is 3.63. The molecule has 0 spiro atoms. The number of amides is 1. The van der Waals surface area contributed by atoms with Crippen molar-refractivity contribution < 1.29 is 4.79 Å². The molecule has 0 atom stereocenters. The third-order valence-corrected chi connectivity index (χ3v) is 6.49. The lowest BCUT2D eigenvalue weighted by molar-refractivity contribution is -0.115. The number of carbonyl (C=O) groups excluding carboxylic acids is 1. The average molecular weight is 439 g/mol. The zero-order valence-electron chi connectivity index (χ0n) is 17.9. The molecule has 2 heterocycles. The van der Waals surface area contributed by atoms with Crippen molar-refractivity contribution in [3.8, 4) is 11.3 Å². The van der Waals surface area contributed by atoms with Gasteiger partial charge in [-0.1, -0.05) is 78.0 Å². The number of para-hydroxylation sites is 2. The molecule has 3 aromatic carbocycles. The Morgan fingerprint density at radius 1 is 0.938 bits per heavy atom. The predicted molar refractivity (Wildman–Crippen MR) is 135 cm³/mol. The van der Waals surface area contributed by atoms with Gasteiger partial charge in [-0.15, -0.1) is 5.10 Å². The number of anilines is 1. The molecule has 1 fully saturated rings. The van der Waals surface area contributed by atoms with Crippen LogP contribution in [0.2, 0.25) is 0 Å². The van der Waals surface area contributed by atoms with Gasteiger partial charge in [0.1, 0.15) is 0 Å². The van der Waals surface area contributed by atoms with E-state index < -0.39 is 0 Å². The molecule has 5 rings (SSSR count). The van der Waals surface area contributed by atoms with Crippen LogP contribution in [-0.4, -0.2) is 27.6 Å². The fraction of sp³-hybridized carbons (Fsp3) is 0.115. The molecule has 4 aromatic rings. The first-order valence-electron chi connectivity index (χ1n) is 10.4. The van der Waals surface area contributed by atoms with E-state index in [1.54, 1.807) is 11.1 Å². The van der Waals surface area contributed by atoms with Crippen LogP contribution in [0.4, 0.5) is 5.69 Å². The molecule has 32 heavy (non-hydrogen) atoms. The van der Waals surface area contributed by atoms with Crippen molar-refractivity contribution in [3.63, 3.8) is 0 Å². The number of rotatable bonds is 4. The molecule has 0 unspecified atom stereocenters. The van der Waals surface area contributed by atoms with Crippen molar-refractivity contribution in [3.05, 3.63) is 90.0 Å². The van der Waals surface area contributed by atoms with Crippen molar-refractivity contribution >= 4 is 45.6 Å². The number of hydrogen-bond donors (Lipinski definition) is 0. The minimum Gasteiger partial charge on any atom is -0.343 e. The summed E-state index contributed by atoms with van der Waals surface area (Å²) >= 11 is 1.41. The summed E-state index contributed by atoms with van der Waals surface area (Å²) in [5, 5.41) is 10.6. The maximum absolute atomic E-state index is 12.4. The maximum atomic E-state index is 12.4. The molecular weight excluding hydrogens is 416 g/mol. The summed E-state index contributed by atoms with van der Waals surface area (Å²) in [7, 11) is 2.07. The van der Waals surface area contributed by atoms with Crippen LogP contribution in [0.25, 0.3) is 22.2 Å². The SMILES string of the molecule is Cc1ccc(-c2c(/C=N/N=C3\SCC(=O)N3c3ccccc3)c3ccccc3n2C)cc1. The Labute approximate surface area is 191 Å². The van der Waals surface area contributed by atoms with Gasteiger partial charge >= 0.3 is 0 Å². The van der Waals surface area contributed by atoms with E-state index in [1.807, 2.05) is 42.5 Å². The Balaban J connectivity index is 1.57. The molecule has 6 heteroatoms. The highest BCUT2D eigenvalue weighted by Crippen LogP contribution is 2.32. The molecule has 1 aromatic heterocycles. The number of thioether (sulfide) groups is 1. The molecular formula is C26H22N4OS. The summed E-state index contributed by atoms with van der Waals surface area (Å²) in [6, 6.07) is 26.4. The smallest absolute Gasteiger partial charge is 0.243 e. The highest BCUT2D eigenvalue weighted by Gasteiger charge is 2.29. The van der Waals surface area contributed by atoms with E-state index >= 15 is 0 Å². The molecule has 158 valence electrons. The van der Waals surface area contributed by atoms with Crippen molar-refractivity contribution in [2.75, 3.05) is 10.7 Å². The number of aromatic nitrogens is 1. The lowest BCUT2D eigenvalue weighted by Gasteiger charge is -2.14. The van der Waals surface area contributed by atoms with Crippen molar-refractivity contribution in [1.82, 2.24) is 4.57 Å². The number of amidine groups is 1. The van der Waals surface area contributed by atoms with Crippen molar-refractivity contribution in [2.24, 2.45) is 17.3 Å². The van der Waals surface area contributed by atoms with Gasteiger partial charge < -0.3 is 4.57 Å². The van der Waals surface area contributed by atoms with Crippen LogP contribution in [0, 0.1) is 6.92 Å². The summed E-state index contributed by atoms with van der Waals surface area (Å²) in [5.74, 6) is 0.382. The van der Waals surface area contributed by atoms with E-state index in [1.165, 1.54) is 17.3 Å². The van der Waals surface area contributed by atoms with Gasteiger partial charge in [-0.25, -0.2) is 0 Å². The largest absolute Gasteiger partial charge is 0.343 e. The fourth-order valence-corrected chi connectivity index (χ4v) is 4.84. The normalized spacial score (nSPS) is 15.5. The van der Waals surface area contributed by atoms with Gasteiger partial charge in [0.15, 0.2) is 5.17 Å². The van der Waals surface area contributed by atoms with Crippen LogP contribution in [0.1, 0.15) is 11.1 Å². The van der Waals surface area contributed by atoms with Gasteiger partial charge in [0.05, 0.1) is 23.3 Å². The first-order chi connectivity index (χ1) is 15.6. The number of aryl methyl sites for hydroxylation is 2. The molecule has 0 aliphatic carbocycles. The van der Waals surface area contributed by atoms with Crippen LogP contribution in [0.15, 0.2) is 89.1 Å². The standard InChI is InChI=1S/C26H22N4OS/c1-18-12-14-19(15-13-18)25-22(21-10-6-7-11-23(21)29(25)2)16-27-28-26-30(24(31)17-32-26)20-8-4-3-5-9-20/h3-16H,17H2,1-2H3/b27-16+,28-26-. The number of fused-ring (bicyclic) bond motifs is 1. The maximum Gasteiger partial charge on any atom is 0.243 e. The Bertz CT molecular complexity index is 1350. The zero-order valence-corrected chi connectivity index (χ0v) is 18.7. The quantitative estimate of drug-likeness (QED) is 0.307. The molecule has 1 aliphatic rings. The van der Waals surface area contributed by atoms with Gasteiger partial charge in [0, 0.05) is 23.5 Å². The Morgan fingerprint density at radius 2 is 1.66 bits per heavy atom. The monoisotopic (exact) mass is 438 g/mol. The molecule has 1 aliphatic heterocycles. The molecule has 1 amide bonds. The van der Waals surface area contributed by atoms with Crippen LogP contribution in [-0.2, 0) is 11.8 Å². The number of carbonyl (C=O) groups is 1. The van der Waals surface area contributed by atoms with E-state index in [0.717, 1.165) is 33.4 Å². The van der Waals surface area contributed by atoms with E-state index in [-0.39, 0.29) is 5.91 Å². The molecule has 0 bridgehead atoms. The van der Waals surface area contributed by atoms with E-state index in [2.05, 4.69) is 65.1 Å². The second kappa shape index (κ2) is 8.48. The molecule has 1 saturated heterocycles. The van der Waals surface area contributed by atoms with Gasteiger partial charge in [-0.05, 0) is 30.7 Å². The fourth-order valence-electron chi connectivity index (χ4n) is 4.02. The number of nitrogens with zero attached hydrogens (tertiary/aromatic N) is 4. The van der Waals surface area contributed by atoms with Crippen molar-refractivity contribution in [2.45, 2.75) is 6.92 Å². The second-order valence-corrected chi connectivity index (χ2v) is 8.63. The van der Waals surface area contributed by atoms with E-state index in [9.17, 15) is 4.79 Å². The van der Waals surface area contributed by atoms with Crippen LogP contribution in [0.3, 0.4) is 0 Å². The highest BCUT2D eigenvalue weighted by molar-refractivity contribution is 8.15. The van der Waals surface area contributed by atoms with Gasteiger partial charge in [-0.2, -0.15) is 5.10 Å². The lowest BCUT2D eigenvalue weighted by Crippen LogP contribution is -2.28. The Morgan fingerprint density at radius 3 is 2.44 bits per heavy atom. The summed E-state index contributed by atoms with van der Waals surface area (Å²) in [6.45, 7) is 2.09. The Hall–Kier alpha value is -3.64. The Kier molecular flexibility index (Phi) is 5.37. The topological polar surface area (TPSA) is 50.0 Å². The molecule has 0 saturated carbocycles. The number of hydrogen-bond acceptors (Lipinski definition) is 4. The first kappa shape index (κ1) is 20.3. The van der Waals surface area contributed by atoms with Gasteiger partial charge in [0.2, 0.25) is 5.91 Å². The van der Waals surface area contributed by atoms with E-state index in [4.69, 9.17) is 0 Å². The summed E-state index contributed by atoms with van der Waals surface area (Å²) < 4.78 is 2.19. The van der Waals surface area contributed by atoms with Gasteiger partial charge in [0.25, 0.3) is 0 Å². The van der Waals surface area contributed by atoms with Crippen LogP contribution < -0.4 is 4.90 Å². The minimum atomic E-state index is 0.0145. The van der Waals surface area contributed by atoms with Crippen LogP contribution in [0.5, 0.6) is 0 Å². The predicted octanol–water partition coefficient (Wildman–Crippen LogP) is 5.62. The van der Waals surface area contributed by atoms with Gasteiger partial charge in [-0.3, -0.25) is 9.69 Å². The molecule has 0 N–H and O–H groups in total. The van der Waals surface area contributed by atoms with Crippen LogP contribution >= 0.6 is 11.8 Å². The van der Waals surface area contributed by atoms with E-state index in [0.29, 0.717) is 10.9 Å². The third-order valence-electron chi connectivity index (χ3n) is 5.58. The second-order valence-electron chi connectivity index (χ2n) is 7.68. The summed E-state index contributed by atoms with van der Waals surface area (Å²) in [5.41, 5.74) is 6.38.